The van der Waals surface area contributed by atoms with Gasteiger partial charge in [0.05, 0.1) is 22.6 Å². The number of phenolic OH excluding ortho intramolecular Hbond substituents is 1. The van der Waals surface area contributed by atoms with Gasteiger partial charge < -0.3 is 5.11 Å². The van der Waals surface area contributed by atoms with Crippen LogP contribution in [0.25, 0.3) is 22.2 Å². The summed E-state index contributed by atoms with van der Waals surface area (Å²) in [4.78, 5) is 11.5. The largest absolute Gasteiger partial charge is 0.506 e. The summed E-state index contributed by atoms with van der Waals surface area (Å²) in [6.07, 6.45) is -2.73. The van der Waals surface area contributed by atoms with E-state index in [1.807, 2.05) is 36.5 Å². The van der Waals surface area contributed by atoms with Crippen LogP contribution in [0.3, 0.4) is 0 Å². The van der Waals surface area contributed by atoms with Crippen LogP contribution in [0.5, 0.6) is 5.75 Å². The molecule has 1 N–H and O–H groups in total. The normalized spacial score (nSPS) is 14.3. The van der Waals surface area contributed by atoms with E-state index in [9.17, 15) is 18.3 Å². The van der Waals surface area contributed by atoms with E-state index in [0.717, 1.165) is 40.5 Å². The molecule has 0 atom stereocenters. The molecule has 0 aliphatic carbocycles. The van der Waals surface area contributed by atoms with Crippen molar-refractivity contribution in [1.29, 1.82) is 0 Å². The SMILES string of the molecule is CC(C)c1ccnc(N2c3ccccc3C(C)(C)c3ccc(-c4ccc5cc(C(F)(F)F)cc(O)c5n4)cc32)c1. The van der Waals surface area contributed by atoms with Crippen molar-refractivity contribution in [2.24, 2.45) is 0 Å². The third-order valence-corrected chi connectivity index (χ3v) is 7.79. The number of phenols is 1. The smallest absolute Gasteiger partial charge is 0.416 e. The van der Waals surface area contributed by atoms with Crippen LogP contribution in [0, 0.1) is 0 Å². The first-order valence-corrected chi connectivity index (χ1v) is 13.2. The van der Waals surface area contributed by atoms with Gasteiger partial charge in [-0.1, -0.05) is 64.1 Å². The van der Waals surface area contributed by atoms with Crippen LogP contribution in [-0.4, -0.2) is 15.1 Å². The monoisotopic (exact) mass is 539 g/mol. The van der Waals surface area contributed by atoms with Gasteiger partial charge in [0.1, 0.15) is 17.1 Å². The molecule has 0 radical (unpaired) electrons. The molecule has 5 aromatic rings. The Morgan fingerprint density at radius 1 is 0.850 bits per heavy atom. The Bertz CT molecular complexity index is 1780. The fraction of sp³-hybridized carbons (Fsp3) is 0.212. The van der Waals surface area contributed by atoms with Crippen LogP contribution in [0.4, 0.5) is 30.4 Å². The number of para-hydroxylation sites is 1. The lowest BCUT2D eigenvalue weighted by molar-refractivity contribution is -0.137. The van der Waals surface area contributed by atoms with Crippen molar-refractivity contribution < 1.29 is 18.3 Å². The molecule has 4 nitrogen and oxygen atoms in total. The van der Waals surface area contributed by atoms with Crippen LogP contribution in [0.1, 0.15) is 55.9 Å². The lowest BCUT2D eigenvalue weighted by atomic mass is 9.73. The van der Waals surface area contributed by atoms with E-state index in [1.165, 1.54) is 11.1 Å². The fourth-order valence-corrected chi connectivity index (χ4v) is 5.58. The van der Waals surface area contributed by atoms with Gasteiger partial charge in [0, 0.05) is 22.6 Å². The molecule has 0 bridgehead atoms. The average molecular weight is 540 g/mol. The zero-order chi connectivity index (χ0) is 28.4. The molecule has 0 fully saturated rings. The highest BCUT2D eigenvalue weighted by molar-refractivity contribution is 5.90. The molecule has 6 rings (SSSR count). The van der Waals surface area contributed by atoms with E-state index in [-0.39, 0.29) is 16.3 Å². The van der Waals surface area contributed by atoms with Gasteiger partial charge in [0.15, 0.2) is 0 Å². The molecule has 3 aromatic carbocycles. The maximum atomic E-state index is 13.3. The summed E-state index contributed by atoms with van der Waals surface area (Å²) in [6.45, 7) is 8.70. The Morgan fingerprint density at radius 2 is 1.60 bits per heavy atom. The van der Waals surface area contributed by atoms with Crippen molar-refractivity contribution in [3.05, 3.63) is 107 Å². The molecule has 3 heterocycles. The lowest BCUT2D eigenvalue weighted by Crippen LogP contribution is -2.31. The second-order valence-electron chi connectivity index (χ2n) is 11.1. The number of hydrogen-bond donors (Lipinski definition) is 1. The third-order valence-electron chi connectivity index (χ3n) is 7.79. The number of aromatic nitrogens is 2. The molecule has 0 saturated heterocycles. The van der Waals surface area contributed by atoms with Crippen molar-refractivity contribution in [1.82, 2.24) is 9.97 Å². The number of anilines is 3. The molecule has 202 valence electrons. The number of alkyl halides is 3. The maximum absolute atomic E-state index is 13.3. The lowest BCUT2D eigenvalue weighted by Gasteiger charge is -2.41. The first kappa shape index (κ1) is 25.9. The van der Waals surface area contributed by atoms with E-state index in [0.29, 0.717) is 11.6 Å². The predicted octanol–water partition coefficient (Wildman–Crippen LogP) is 9.25. The van der Waals surface area contributed by atoms with Gasteiger partial charge in [-0.2, -0.15) is 13.2 Å². The molecule has 40 heavy (non-hydrogen) atoms. The van der Waals surface area contributed by atoms with Gasteiger partial charge in [-0.15, -0.1) is 0 Å². The van der Waals surface area contributed by atoms with Gasteiger partial charge >= 0.3 is 6.18 Å². The number of halogens is 3. The van der Waals surface area contributed by atoms with Gasteiger partial charge in [-0.25, -0.2) is 9.97 Å². The fourth-order valence-electron chi connectivity index (χ4n) is 5.58. The van der Waals surface area contributed by atoms with Crippen molar-refractivity contribution >= 4 is 28.1 Å². The Morgan fingerprint density at radius 3 is 2.35 bits per heavy atom. The summed E-state index contributed by atoms with van der Waals surface area (Å²) >= 11 is 0. The molecule has 7 heteroatoms. The van der Waals surface area contributed by atoms with E-state index in [4.69, 9.17) is 4.98 Å². The highest BCUT2D eigenvalue weighted by Gasteiger charge is 2.37. The molecule has 0 spiro atoms. The van der Waals surface area contributed by atoms with Crippen LogP contribution >= 0.6 is 0 Å². The number of hydrogen-bond acceptors (Lipinski definition) is 4. The summed E-state index contributed by atoms with van der Waals surface area (Å²) < 4.78 is 39.8. The summed E-state index contributed by atoms with van der Waals surface area (Å²) in [7, 11) is 0. The minimum Gasteiger partial charge on any atom is -0.506 e. The molecule has 0 saturated carbocycles. The number of aromatic hydroxyl groups is 1. The van der Waals surface area contributed by atoms with E-state index in [1.54, 1.807) is 12.1 Å². The second kappa shape index (κ2) is 9.08. The molecular weight excluding hydrogens is 511 g/mol. The summed E-state index contributed by atoms with van der Waals surface area (Å²) in [5, 5.41) is 10.7. The molecule has 1 aliphatic heterocycles. The minimum absolute atomic E-state index is 0.122. The molecule has 2 aromatic heterocycles. The molecule has 1 aliphatic rings. The van der Waals surface area contributed by atoms with Crippen LogP contribution in [-0.2, 0) is 11.6 Å². The zero-order valence-corrected chi connectivity index (χ0v) is 22.6. The van der Waals surface area contributed by atoms with Crippen molar-refractivity contribution in [2.75, 3.05) is 4.90 Å². The first-order valence-electron chi connectivity index (χ1n) is 13.2. The Balaban J connectivity index is 1.54. The Hall–Kier alpha value is -4.39. The van der Waals surface area contributed by atoms with Gasteiger partial charge in [-0.05, 0) is 65.1 Å². The number of pyridine rings is 2. The minimum atomic E-state index is -4.56. The Labute approximate surface area is 230 Å². The number of nitrogens with zero attached hydrogens (tertiary/aromatic N) is 3. The topological polar surface area (TPSA) is 49.2 Å². The van der Waals surface area contributed by atoms with Crippen LogP contribution < -0.4 is 4.90 Å². The van der Waals surface area contributed by atoms with E-state index >= 15 is 0 Å². The summed E-state index contributed by atoms with van der Waals surface area (Å²) in [5.74, 6) is 0.628. The average Bonchev–Trinajstić information content (AvgIpc) is 2.92. The molecular formula is C33H28F3N3O. The van der Waals surface area contributed by atoms with Gasteiger partial charge in [0.25, 0.3) is 0 Å². The van der Waals surface area contributed by atoms with Crippen LogP contribution in [0.15, 0.2) is 85.1 Å². The predicted molar refractivity (Wildman–Crippen MR) is 153 cm³/mol. The Kier molecular flexibility index (Phi) is 5.87. The quantitative estimate of drug-likeness (QED) is 0.248. The number of rotatable bonds is 3. The standard InChI is InChI=1S/C33H28F3N3O/c1-19(2)20-13-14-37-30(17-20)39-27-8-6-5-7-24(27)32(3,4)25-11-9-21(16-28(25)39)26-12-10-22-15-23(33(34,35)36)18-29(40)31(22)38-26/h5-19,40H,1-4H3. The maximum Gasteiger partial charge on any atom is 0.416 e. The summed E-state index contributed by atoms with van der Waals surface area (Å²) in [6, 6.07) is 23.5. The number of fused-ring (bicyclic) bond motifs is 3. The van der Waals surface area contributed by atoms with E-state index < -0.39 is 17.5 Å². The third kappa shape index (κ3) is 4.17. The van der Waals surface area contributed by atoms with Gasteiger partial charge in [-0.3, -0.25) is 4.90 Å². The zero-order valence-electron chi connectivity index (χ0n) is 22.6. The second-order valence-corrected chi connectivity index (χ2v) is 11.1. The molecule has 0 amide bonds. The number of benzene rings is 3. The summed E-state index contributed by atoms with van der Waals surface area (Å²) in [5.41, 5.74) is 5.71. The first-order chi connectivity index (χ1) is 18.9. The van der Waals surface area contributed by atoms with E-state index in [2.05, 4.69) is 61.8 Å². The van der Waals surface area contributed by atoms with Gasteiger partial charge in [0.2, 0.25) is 0 Å². The highest BCUT2D eigenvalue weighted by atomic mass is 19.4. The van der Waals surface area contributed by atoms with Crippen molar-refractivity contribution in [3.8, 4) is 17.0 Å². The van der Waals surface area contributed by atoms with Crippen molar-refractivity contribution in [2.45, 2.75) is 45.2 Å². The van der Waals surface area contributed by atoms with Crippen molar-refractivity contribution in [3.63, 3.8) is 0 Å². The molecule has 0 unspecified atom stereocenters. The van der Waals surface area contributed by atoms with Crippen LogP contribution in [0.2, 0.25) is 0 Å². The highest BCUT2D eigenvalue weighted by Crippen LogP contribution is 2.52.